The fourth-order valence-electron chi connectivity index (χ4n) is 1.91. The number of hydrogen-bond acceptors (Lipinski definition) is 2. The first-order valence-corrected chi connectivity index (χ1v) is 5.00. The predicted octanol–water partition coefficient (Wildman–Crippen LogP) is 3.04. The summed E-state index contributed by atoms with van der Waals surface area (Å²) in [5.41, 5.74) is 1.57. The molecule has 0 radical (unpaired) electrons. The molecule has 0 aliphatic rings. The number of aldehydes is 1. The standard InChI is InChI=1S/C13H9NO2/c15-9-11-8-10-4-1-2-5-12(10)14(11)13-6-3-7-16-13/h1-9H. The second kappa shape index (κ2) is 3.38. The van der Waals surface area contributed by atoms with Crippen molar-refractivity contribution in [2.24, 2.45) is 0 Å². The van der Waals surface area contributed by atoms with Gasteiger partial charge in [0.25, 0.3) is 0 Å². The molecule has 3 rings (SSSR count). The van der Waals surface area contributed by atoms with Crippen molar-refractivity contribution in [3.63, 3.8) is 0 Å². The number of para-hydroxylation sites is 1. The zero-order valence-corrected chi connectivity index (χ0v) is 8.46. The number of hydrogen-bond donors (Lipinski definition) is 0. The van der Waals surface area contributed by atoms with Crippen LogP contribution in [0.2, 0.25) is 0 Å². The van der Waals surface area contributed by atoms with Crippen LogP contribution in [0.3, 0.4) is 0 Å². The van der Waals surface area contributed by atoms with Gasteiger partial charge in [-0.3, -0.25) is 9.36 Å². The van der Waals surface area contributed by atoms with E-state index >= 15 is 0 Å². The van der Waals surface area contributed by atoms with Crippen LogP contribution in [-0.4, -0.2) is 10.9 Å². The lowest BCUT2D eigenvalue weighted by Gasteiger charge is -2.02. The summed E-state index contributed by atoms with van der Waals surface area (Å²) in [5.74, 6) is 0.656. The molecule has 0 aliphatic heterocycles. The van der Waals surface area contributed by atoms with Crippen LogP contribution in [0, 0.1) is 0 Å². The fraction of sp³-hybridized carbons (Fsp3) is 0. The minimum atomic E-state index is 0.594. The van der Waals surface area contributed by atoms with Crippen molar-refractivity contribution < 1.29 is 9.21 Å². The van der Waals surface area contributed by atoms with Crippen molar-refractivity contribution in [3.05, 3.63) is 54.4 Å². The maximum atomic E-state index is 11.0. The molecule has 3 aromatic rings. The Hall–Kier alpha value is -2.29. The van der Waals surface area contributed by atoms with Gasteiger partial charge in [0.05, 0.1) is 17.5 Å². The number of aromatic nitrogens is 1. The molecule has 0 unspecified atom stereocenters. The molecule has 3 nitrogen and oxygen atoms in total. The Morgan fingerprint density at radius 3 is 2.75 bits per heavy atom. The van der Waals surface area contributed by atoms with Crippen molar-refractivity contribution in [1.29, 1.82) is 0 Å². The van der Waals surface area contributed by atoms with E-state index in [0.717, 1.165) is 17.2 Å². The summed E-state index contributed by atoms with van der Waals surface area (Å²) in [4.78, 5) is 11.0. The van der Waals surface area contributed by atoms with Crippen LogP contribution in [0.4, 0.5) is 0 Å². The number of carbonyl (C=O) groups is 1. The monoisotopic (exact) mass is 211 g/mol. The van der Waals surface area contributed by atoms with Gasteiger partial charge >= 0.3 is 0 Å². The molecule has 3 heteroatoms. The Morgan fingerprint density at radius 1 is 1.12 bits per heavy atom. The Morgan fingerprint density at radius 2 is 2.00 bits per heavy atom. The molecule has 0 amide bonds. The van der Waals surface area contributed by atoms with Crippen LogP contribution in [0.1, 0.15) is 10.5 Å². The van der Waals surface area contributed by atoms with Gasteiger partial charge in [-0.15, -0.1) is 0 Å². The van der Waals surface area contributed by atoms with Gasteiger partial charge in [0.2, 0.25) is 5.88 Å². The van der Waals surface area contributed by atoms with E-state index in [2.05, 4.69) is 0 Å². The molecule has 0 N–H and O–H groups in total. The molecule has 2 aromatic heterocycles. The first kappa shape index (κ1) is 8.97. The van der Waals surface area contributed by atoms with Crippen molar-refractivity contribution in [3.8, 4) is 5.88 Å². The quantitative estimate of drug-likeness (QED) is 0.610. The van der Waals surface area contributed by atoms with Crippen molar-refractivity contribution >= 4 is 17.2 Å². The average molecular weight is 211 g/mol. The third kappa shape index (κ3) is 1.18. The maximum absolute atomic E-state index is 11.0. The van der Waals surface area contributed by atoms with E-state index in [0.29, 0.717) is 11.6 Å². The Balaban J connectivity index is 2.40. The highest BCUT2D eigenvalue weighted by Gasteiger charge is 2.10. The van der Waals surface area contributed by atoms with Gasteiger partial charge < -0.3 is 4.42 Å². The fourth-order valence-corrected chi connectivity index (χ4v) is 1.91. The number of nitrogens with zero attached hydrogens (tertiary/aromatic N) is 1. The van der Waals surface area contributed by atoms with E-state index in [-0.39, 0.29) is 0 Å². The maximum Gasteiger partial charge on any atom is 0.204 e. The molecule has 0 saturated carbocycles. The summed E-state index contributed by atoms with van der Waals surface area (Å²) in [6, 6.07) is 13.3. The van der Waals surface area contributed by atoms with Gasteiger partial charge in [-0.25, -0.2) is 0 Å². The Labute approximate surface area is 91.9 Å². The van der Waals surface area contributed by atoms with Gasteiger partial charge in [0.1, 0.15) is 0 Å². The summed E-state index contributed by atoms with van der Waals surface area (Å²) in [6.45, 7) is 0. The number of carbonyl (C=O) groups excluding carboxylic acids is 1. The minimum absolute atomic E-state index is 0.594. The van der Waals surface area contributed by atoms with E-state index in [9.17, 15) is 4.79 Å². The summed E-state index contributed by atoms with van der Waals surface area (Å²) in [7, 11) is 0. The molecule has 0 fully saturated rings. The first-order valence-electron chi connectivity index (χ1n) is 5.00. The van der Waals surface area contributed by atoms with E-state index in [4.69, 9.17) is 4.42 Å². The van der Waals surface area contributed by atoms with Crippen LogP contribution in [0.25, 0.3) is 16.8 Å². The third-order valence-electron chi connectivity index (χ3n) is 2.59. The molecular formula is C13H9NO2. The number of benzene rings is 1. The third-order valence-corrected chi connectivity index (χ3v) is 2.59. The van der Waals surface area contributed by atoms with Gasteiger partial charge in [-0.05, 0) is 18.2 Å². The van der Waals surface area contributed by atoms with Gasteiger partial charge in [0, 0.05) is 11.5 Å². The van der Waals surface area contributed by atoms with Crippen LogP contribution < -0.4 is 0 Å². The van der Waals surface area contributed by atoms with Crippen LogP contribution in [0.5, 0.6) is 0 Å². The molecule has 0 saturated heterocycles. The minimum Gasteiger partial charge on any atom is -0.448 e. The first-order chi connectivity index (χ1) is 7.90. The number of rotatable bonds is 2. The SMILES string of the molecule is O=Cc1cc2ccccc2n1-c1ccco1. The number of furan rings is 1. The van der Waals surface area contributed by atoms with Gasteiger partial charge in [0.15, 0.2) is 6.29 Å². The van der Waals surface area contributed by atoms with Gasteiger partial charge in [-0.2, -0.15) is 0 Å². The highest BCUT2D eigenvalue weighted by molar-refractivity contribution is 5.90. The second-order valence-corrected chi connectivity index (χ2v) is 3.53. The highest BCUT2D eigenvalue weighted by atomic mass is 16.3. The molecule has 0 atom stereocenters. The van der Waals surface area contributed by atoms with Crippen molar-refractivity contribution in [2.45, 2.75) is 0 Å². The Bertz CT molecular complexity index is 635. The molecule has 0 aliphatic carbocycles. The summed E-state index contributed by atoms with van der Waals surface area (Å²) in [6.07, 6.45) is 2.43. The van der Waals surface area contributed by atoms with Crippen LogP contribution in [0.15, 0.2) is 53.1 Å². The zero-order chi connectivity index (χ0) is 11.0. The molecular weight excluding hydrogens is 202 g/mol. The molecule has 78 valence electrons. The van der Waals surface area contributed by atoms with E-state index in [1.807, 2.05) is 41.0 Å². The van der Waals surface area contributed by atoms with Crippen molar-refractivity contribution in [1.82, 2.24) is 4.57 Å². The zero-order valence-electron chi connectivity index (χ0n) is 8.46. The van der Waals surface area contributed by atoms with Crippen LogP contribution in [-0.2, 0) is 0 Å². The topological polar surface area (TPSA) is 35.1 Å². The summed E-state index contributed by atoms with van der Waals surface area (Å²) >= 11 is 0. The molecule has 16 heavy (non-hydrogen) atoms. The van der Waals surface area contributed by atoms with Crippen LogP contribution >= 0.6 is 0 Å². The highest BCUT2D eigenvalue weighted by Crippen LogP contribution is 2.23. The molecule has 0 spiro atoms. The smallest absolute Gasteiger partial charge is 0.204 e. The lowest BCUT2D eigenvalue weighted by atomic mass is 10.2. The van der Waals surface area contributed by atoms with E-state index < -0.39 is 0 Å². The summed E-state index contributed by atoms with van der Waals surface area (Å²) in [5, 5.41) is 1.03. The van der Waals surface area contributed by atoms with E-state index in [1.54, 1.807) is 12.3 Å². The second-order valence-electron chi connectivity index (χ2n) is 3.53. The summed E-state index contributed by atoms with van der Waals surface area (Å²) < 4.78 is 7.14. The largest absolute Gasteiger partial charge is 0.448 e. The molecule has 2 heterocycles. The normalized spacial score (nSPS) is 10.8. The van der Waals surface area contributed by atoms with Gasteiger partial charge in [-0.1, -0.05) is 18.2 Å². The predicted molar refractivity (Wildman–Crippen MR) is 60.9 cm³/mol. The van der Waals surface area contributed by atoms with Crippen molar-refractivity contribution in [2.75, 3.05) is 0 Å². The Kier molecular flexibility index (Phi) is 1.90. The molecule has 1 aromatic carbocycles. The average Bonchev–Trinajstić information content (AvgIpc) is 2.94. The lowest BCUT2D eigenvalue weighted by molar-refractivity contribution is 0.111. The lowest BCUT2D eigenvalue weighted by Crippen LogP contribution is -1.96. The number of fused-ring (bicyclic) bond motifs is 1. The molecule has 0 bridgehead atoms. The van der Waals surface area contributed by atoms with E-state index in [1.165, 1.54) is 0 Å².